The van der Waals surface area contributed by atoms with Crippen molar-refractivity contribution in [3.05, 3.63) is 68.8 Å². The van der Waals surface area contributed by atoms with Crippen molar-refractivity contribution in [2.75, 3.05) is 0 Å². The second kappa shape index (κ2) is 10.3. The van der Waals surface area contributed by atoms with E-state index in [4.69, 9.17) is 21.6 Å². The number of Topliss-reactive ketones (excluding diaryl/α,β-unsaturated/α-hetero) is 2. The molecule has 0 radical (unpaired) electrons. The van der Waals surface area contributed by atoms with E-state index in [-0.39, 0.29) is 52.8 Å². The second-order valence-corrected chi connectivity index (χ2v) is 12.8. The third-order valence-electron chi connectivity index (χ3n) is 9.92. The number of rotatable bonds is 5. The van der Waals surface area contributed by atoms with E-state index in [0.717, 1.165) is 73.5 Å². The monoisotopic (exact) mass is 584 g/mol. The molecule has 0 aromatic carbocycles. The molecule has 3 aromatic heterocycles. The maximum absolute atomic E-state index is 13.7. The Labute approximate surface area is 250 Å². The fourth-order valence-corrected chi connectivity index (χ4v) is 7.59. The van der Waals surface area contributed by atoms with Crippen LogP contribution < -0.4 is 0 Å². The Morgan fingerprint density at radius 1 is 0.881 bits per heavy atom. The first kappa shape index (κ1) is 28.5. The largest absolute Gasteiger partial charge is 0.355 e. The van der Waals surface area contributed by atoms with Crippen LogP contribution in [0.3, 0.4) is 0 Å². The lowest BCUT2D eigenvalue weighted by Gasteiger charge is -2.17. The van der Waals surface area contributed by atoms with Crippen molar-refractivity contribution in [3.8, 4) is 0 Å². The Morgan fingerprint density at radius 3 is 2.17 bits per heavy atom. The first-order valence-electron chi connectivity index (χ1n) is 14.9. The highest BCUT2D eigenvalue weighted by molar-refractivity contribution is 6.63. The van der Waals surface area contributed by atoms with Crippen molar-refractivity contribution in [1.82, 2.24) is 19.9 Å². The van der Waals surface area contributed by atoms with Gasteiger partial charge in [-0.3, -0.25) is 24.4 Å². The van der Waals surface area contributed by atoms with E-state index in [0.29, 0.717) is 12.0 Å². The minimum atomic E-state index is -0.384. The molecule has 5 atom stereocenters. The SMILES string of the molecule is CC[C@H]1c2cc3[nH]c4c(c3C)C(=O)[C@H](C)c4c3nc(cc4[nH]c(cc(n2)[C@@H]1C)c(C(C)=O)c4C)[C@@H](C)[C@@H]3CCC(=O)Cl. The van der Waals surface area contributed by atoms with Gasteiger partial charge in [-0.2, -0.15) is 0 Å². The summed E-state index contributed by atoms with van der Waals surface area (Å²) in [6.07, 6.45) is 1.67. The van der Waals surface area contributed by atoms with Crippen molar-refractivity contribution in [1.29, 1.82) is 0 Å². The molecule has 8 heteroatoms. The highest BCUT2D eigenvalue weighted by Gasteiger charge is 2.39. The summed E-state index contributed by atoms with van der Waals surface area (Å²) in [5.41, 5.74) is 10.9. The average molecular weight is 585 g/mol. The quantitative estimate of drug-likeness (QED) is 0.232. The zero-order valence-electron chi connectivity index (χ0n) is 25.2. The van der Waals surface area contributed by atoms with Gasteiger partial charge in [-0.1, -0.05) is 27.7 Å². The van der Waals surface area contributed by atoms with Crippen molar-refractivity contribution < 1.29 is 14.4 Å². The summed E-state index contributed by atoms with van der Waals surface area (Å²) in [7, 11) is 0. The third kappa shape index (κ3) is 4.27. The van der Waals surface area contributed by atoms with Gasteiger partial charge in [-0.25, -0.2) is 0 Å². The first-order valence-corrected chi connectivity index (χ1v) is 15.3. The molecule has 3 aliphatic rings. The minimum absolute atomic E-state index is 0.00982. The predicted molar refractivity (Wildman–Crippen MR) is 166 cm³/mol. The molecular weight excluding hydrogens is 548 g/mol. The Bertz CT molecular complexity index is 1850. The van der Waals surface area contributed by atoms with Gasteiger partial charge in [-0.15, -0.1) is 0 Å². The van der Waals surface area contributed by atoms with Crippen molar-refractivity contribution in [3.63, 3.8) is 0 Å². The Morgan fingerprint density at radius 2 is 1.50 bits per heavy atom. The van der Waals surface area contributed by atoms with Crippen LogP contribution in [0.15, 0.2) is 18.2 Å². The molecule has 0 saturated heterocycles. The van der Waals surface area contributed by atoms with Gasteiger partial charge in [0, 0.05) is 80.8 Å². The summed E-state index contributed by atoms with van der Waals surface area (Å²) in [6, 6.07) is 6.13. The molecule has 42 heavy (non-hydrogen) atoms. The summed E-state index contributed by atoms with van der Waals surface area (Å²) in [6.45, 7) is 14.0. The van der Waals surface area contributed by atoms with Gasteiger partial charge >= 0.3 is 0 Å². The third-order valence-corrected chi connectivity index (χ3v) is 10.1. The number of aromatic nitrogens is 4. The van der Waals surface area contributed by atoms with Crippen LogP contribution in [0.4, 0.5) is 0 Å². The number of carbonyl (C=O) groups is 3. The molecule has 5 heterocycles. The summed E-state index contributed by atoms with van der Waals surface area (Å²) in [4.78, 5) is 55.9. The fourth-order valence-electron chi connectivity index (χ4n) is 7.48. The van der Waals surface area contributed by atoms with E-state index in [1.807, 2.05) is 32.9 Å². The van der Waals surface area contributed by atoms with Gasteiger partial charge in [0.15, 0.2) is 11.6 Å². The lowest BCUT2D eigenvalue weighted by atomic mass is 9.84. The van der Waals surface area contributed by atoms with E-state index in [2.05, 4.69) is 36.8 Å². The molecule has 8 bridgehead atoms. The number of hydrogen-bond acceptors (Lipinski definition) is 5. The molecular formula is C34H37ClN4O3. The predicted octanol–water partition coefficient (Wildman–Crippen LogP) is 8.16. The molecule has 0 spiro atoms. The summed E-state index contributed by atoms with van der Waals surface area (Å²) >= 11 is 5.81. The molecule has 0 amide bonds. The van der Waals surface area contributed by atoms with Gasteiger partial charge in [-0.05, 0) is 74.5 Å². The first-order chi connectivity index (χ1) is 19.9. The molecule has 6 rings (SSSR count). The van der Waals surface area contributed by atoms with Crippen LogP contribution in [0, 0.1) is 13.8 Å². The highest BCUT2D eigenvalue weighted by atomic mass is 35.5. The maximum atomic E-state index is 13.7. The zero-order valence-corrected chi connectivity index (χ0v) is 26.0. The number of fused-ring (bicyclic) bond motifs is 8. The second-order valence-electron chi connectivity index (χ2n) is 12.3. The molecule has 1 aliphatic carbocycles. The fraction of sp³-hybridized carbons (Fsp3) is 0.441. The van der Waals surface area contributed by atoms with Crippen LogP contribution in [0.5, 0.6) is 0 Å². The van der Waals surface area contributed by atoms with Crippen LogP contribution in [0.1, 0.15) is 144 Å². The van der Waals surface area contributed by atoms with Gasteiger partial charge in [0.1, 0.15) is 0 Å². The maximum Gasteiger partial charge on any atom is 0.221 e. The summed E-state index contributed by atoms with van der Waals surface area (Å²) in [5.74, 6) is -0.0206. The number of carbonyl (C=O) groups excluding carboxylic acids is 3. The van der Waals surface area contributed by atoms with Gasteiger partial charge in [0.25, 0.3) is 0 Å². The lowest BCUT2D eigenvalue weighted by Crippen LogP contribution is -2.09. The number of hydrogen-bond donors (Lipinski definition) is 2. The Balaban J connectivity index is 1.78. The standard InChI is InChI=1S/C34H37ClN4O3/c1-8-20-14(2)22-13-27-29(19(7)40)16(4)24(37-27)11-23-15(3)21(9-10-28(35)41)32(38-23)30-18(6)34(42)31-17(5)25(39-33(30)31)12-26(20)36-22/h11-15,18,20-21,37,39H,8-10H2,1-7H3/t14-,15+,18-,20-,21+/m1/s1. The van der Waals surface area contributed by atoms with Crippen LogP contribution in [-0.4, -0.2) is 36.7 Å². The molecule has 7 nitrogen and oxygen atoms in total. The molecule has 218 valence electrons. The number of aryl methyl sites for hydroxylation is 2. The smallest absolute Gasteiger partial charge is 0.221 e. The molecule has 2 N–H and O–H groups in total. The minimum Gasteiger partial charge on any atom is -0.355 e. The van der Waals surface area contributed by atoms with E-state index >= 15 is 0 Å². The number of halogens is 1. The number of nitrogens with one attached hydrogen (secondary N) is 2. The zero-order chi connectivity index (χ0) is 30.2. The Kier molecular flexibility index (Phi) is 7.00. The van der Waals surface area contributed by atoms with Gasteiger partial charge in [0.05, 0.1) is 16.7 Å². The van der Waals surface area contributed by atoms with E-state index in [9.17, 15) is 14.4 Å². The van der Waals surface area contributed by atoms with Crippen LogP contribution in [0.2, 0.25) is 0 Å². The normalized spacial score (nSPS) is 23.0. The average Bonchev–Trinajstić information content (AvgIpc) is 3.65. The van der Waals surface area contributed by atoms with Crippen molar-refractivity contribution >= 4 is 50.5 Å². The topological polar surface area (TPSA) is 109 Å². The van der Waals surface area contributed by atoms with Gasteiger partial charge in [0.2, 0.25) is 5.24 Å². The molecule has 0 fully saturated rings. The Hall–Kier alpha value is -3.58. The molecule has 2 aliphatic heterocycles. The number of ketones is 2. The molecule has 3 aromatic rings. The lowest BCUT2D eigenvalue weighted by molar-refractivity contribution is -0.111. The number of nitrogens with zero attached hydrogens (tertiary/aromatic N) is 2. The van der Waals surface area contributed by atoms with Gasteiger partial charge < -0.3 is 9.97 Å². The highest BCUT2D eigenvalue weighted by Crippen LogP contribution is 2.48. The van der Waals surface area contributed by atoms with Crippen molar-refractivity contribution in [2.24, 2.45) is 0 Å². The number of aromatic amines is 2. The summed E-state index contributed by atoms with van der Waals surface area (Å²) < 4.78 is 0. The van der Waals surface area contributed by atoms with Crippen LogP contribution in [-0.2, 0) is 4.79 Å². The molecule has 0 saturated carbocycles. The van der Waals surface area contributed by atoms with Crippen molar-refractivity contribution in [2.45, 2.75) is 97.3 Å². The van der Waals surface area contributed by atoms with Crippen LogP contribution >= 0.6 is 11.6 Å². The van der Waals surface area contributed by atoms with E-state index in [1.54, 1.807) is 6.92 Å². The van der Waals surface area contributed by atoms with E-state index in [1.165, 1.54) is 0 Å². The van der Waals surface area contributed by atoms with E-state index < -0.39 is 0 Å². The van der Waals surface area contributed by atoms with Crippen LogP contribution in [0.25, 0.3) is 22.1 Å². The molecule has 0 unspecified atom stereocenters. The number of H-pyrrole nitrogens is 2. The summed E-state index contributed by atoms with van der Waals surface area (Å²) in [5, 5.41) is -0.384.